The van der Waals surface area contributed by atoms with E-state index in [-0.39, 0.29) is 5.82 Å². The maximum atomic E-state index is 13.6. The van der Waals surface area contributed by atoms with Gasteiger partial charge >= 0.3 is 0 Å². The number of carbonyl (C=O) groups excluding carboxylic acids is 1. The quantitative estimate of drug-likeness (QED) is 0.336. The van der Waals surface area contributed by atoms with Crippen LogP contribution in [0.4, 0.5) is 4.39 Å². The Bertz CT molecular complexity index is 917. The van der Waals surface area contributed by atoms with Gasteiger partial charge in [0.1, 0.15) is 11.6 Å². The molecule has 0 aliphatic carbocycles. The van der Waals surface area contributed by atoms with Crippen molar-refractivity contribution in [2.75, 3.05) is 0 Å². The fourth-order valence-electron chi connectivity index (χ4n) is 2.72. The third-order valence-electron chi connectivity index (χ3n) is 3.64. The van der Waals surface area contributed by atoms with Crippen LogP contribution in [-0.4, -0.2) is 10.9 Å². The van der Waals surface area contributed by atoms with Crippen LogP contribution in [0.1, 0.15) is 10.4 Å². The summed E-state index contributed by atoms with van der Waals surface area (Å²) in [7, 11) is 0. The number of benzene rings is 2. The molecule has 1 aliphatic heterocycles. The minimum absolute atomic E-state index is 0.376. The number of ether oxygens (including phenoxy) is 1. The Hall–Kier alpha value is -2.15. The molecular formula is C17H9FINO2. The van der Waals surface area contributed by atoms with E-state index in [1.807, 2.05) is 34.9 Å². The number of halogens is 2. The summed E-state index contributed by atoms with van der Waals surface area (Å²) >= 11 is 2.18. The number of aldehydes is 1. The van der Waals surface area contributed by atoms with Crippen LogP contribution >= 0.6 is 22.6 Å². The molecule has 5 heteroatoms. The molecule has 3 aromatic rings. The Morgan fingerprint density at radius 1 is 1.09 bits per heavy atom. The number of aromatic nitrogens is 1. The molecule has 0 bridgehead atoms. The molecule has 0 amide bonds. The van der Waals surface area contributed by atoms with Gasteiger partial charge in [0, 0.05) is 17.2 Å². The third kappa shape index (κ3) is 1.89. The lowest BCUT2D eigenvalue weighted by atomic mass is 10.1. The second kappa shape index (κ2) is 4.95. The molecule has 2 aromatic carbocycles. The monoisotopic (exact) mass is 405 g/mol. The maximum Gasteiger partial charge on any atom is 0.152 e. The Morgan fingerprint density at radius 2 is 1.91 bits per heavy atom. The second-order valence-corrected chi connectivity index (χ2v) is 6.04. The summed E-state index contributed by atoms with van der Waals surface area (Å²) in [5, 5.41) is 0. The zero-order chi connectivity index (χ0) is 15.3. The van der Waals surface area contributed by atoms with Crippen molar-refractivity contribution in [3.63, 3.8) is 0 Å². The number of hydrogen-bond acceptors (Lipinski definition) is 2. The molecule has 0 unspecified atom stereocenters. The largest absolute Gasteiger partial charge is 0.454 e. The first kappa shape index (κ1) is 13.5. The minimum atomic E-state index is -0.376. The number of para-hydroxylation sites is 2. The molecule has 108 valence electrons. The van der Waals surface area contributed by atoms with Crippen LogP contribution in [0.2, 0.25) is 0 Å². The van der Waals surface area contributed by atoms with Crippen molar-refractivity contribution in [1.29, 1.82) is 0 Å². The summed E-state index contributed by atoms with van der Waals surface area (Å²) < 4.78 is 22.4. The molecule has 0 fully saturated rings. The average molecular weight is 405 g/mol. The van der Waals surface area contributed by atoms with Gasteiger partial charge in [-0.3, -0.25) is 9.36 Å². The number of hydrogen-bond donors (Lipinski definition) is 0. The molecule has 4 rings (SSSR count). The van der Waals surface area contributed by atoms with Crippen LogP contribution in [0.3, 0.4) is 0 Å². The molecule has 0 N–H and O–H groups in total. The van der Waals surface area contributed by atoms with E-state index in [1.165, 1.54) is 12.1 Å². The van der Waals surface area contributed by atoms with Gasteiger partial charge in [-0.25, -0.2) is 4.39 Å². The van der Waals surface area contributed by atoms with E-state index in [4.69, 9.17) is 4.74 Å². The van der Waals surface area contributed by atoms with Gasteiger partial charge in [0.15, 0.2) is 12.0 Å². The van der Waals surface area contributed by atoms with Crippen molar-refractivity contribution in [2.24, 2.45) is 0 Å². The van der Waals surface area contributed by atoms with Crippen LogP contribution in [0, 0.1) is 9.52 Å². The van der Waals surface area contributed by atoms with Crippen molar-refractivity contribution < 1.29 is 13.9 Å². The van der Waals surface area contributed by atoms with Crippen LogP contribution < -0.4 is 4.74 Å². The maximum absolute atomic E-state index is 13.6. The summed E-state index contributed by atoms with van der Waals surface area (Å²) in [6, 6.07) is 13.7. The summed E-state index contributed by atoms with van der Waals surface area (Å²) in [6.07, 6.45) is 0.815. The van der Waals surface area contributed by atoms with E-state index in [2.05, 4.69) is 22.6 Å². The number of carbonyl (C=O) groups is 1. The van der Waals surface area contributed by atoms with Crippen molar-refractivity contribution in [2.45, 2.75) is 0 Å². The molecule has 0 atom stereocenters. The number of rotatable bonds is 1. The second-order valence-electron chi connectivity index (χ2n) is 4.93. The highest BCUT2D eigenvalue weighted by Gasteiger charge is 2.25. The molecule has 22 heavy (non-hydrogen) atoms. The standard InChI is InChI=1S/C17H9FINO2/c18-11-5-6-12-15(8-11)22-14-4-2-1-3-13(14)20-16(19)7-10(9-21)17(12)20/h1-9H. The molecule has 0 spiro atoms. The van der Waals surface area contributed by atoms with Crippen LogP contribution in [-0.2, 0) is 0 Å². The van der Waals surface area contributed by atoms with Gasteiger partial charge in [-0.1, -0.05) is 12.1 Å². The van der Waals surface area contributed by atoms with Crippen molar-refractivity contribution >= 4 is 28.9 Å². The van der Waals surface area contributed by atoms with Gasteiger partial charge < -0.3 is 4.74 Å². The Morgan fingerprint density at radius 3 is 2.73 bits per heavy atom. The van der Waals surface area contributed by atoms with Gasteiger partial charge in [-0.15, -0.1) is 0 Å². The SMILES string of the molecule is O=Cc1cc(I)n2c1-c1ccc(F)cc1Oc1ccccc1-2. The first-order valence-electron chi connectivity index (χ1n) is 6.62. The zero-order valence-electron chi connectivity index (χ0n) is 11.2. The highest BCUT2D eigenvalue weighted by Crippen LogP contribution is 2.44. The summed E-state index contributed by atoms with van der Waals surface area (Å²) in [5.74, 6) is 0.654. The van der Waals surface area contributed by atoms with Crippen molar-refractivity contribution in [1.82, 2.24) is 4.57 Å². The van der Waals surface area contributed by atoms with Crippen LogP contribution in [0.25, 0.3) is 16.9 Å². The molecule has 1 aliphatic rings. The summed E-state index contributed by atoms with van der Waals surface area (Å²) in [6.45, 7) is 0. The number of fused-ring (bicyclic) bond motifs is 5. The summed E-state index contributed by atoms with van der Waals surface area (Å²) in [5.41, 5.74) is 2.80. The molecule has 1 aromatic heterocycles. The molecule has 0 saturated heterocycles. The Labute approximate surface area is 139 Å². The van der Waals surface area contributed by atoms with E-state index in [1.54, 1.807) is 6.07 Å². The van der Waals surface area contributed by atoms with Crippen molar-refractivity contribution in [3.05, 3.63) is 63.6 Å². The van der Waals surface area contributed by atoms with E-state index in [9.17, 15) is 9.18 Å². The molecular weight excluding hydrogens is 396 g/mol. The Kier molecular flexibility index (Phi) is 3.04. The van der Waals surface area contributed by atoms with E-state index >= 15 is 0 Å². The predicted octanol–water partition coefficient (Wildman–Crippen LogP) is 4.81. The normalized spacial score (nSPS) is 11.7. The van der Waals surface area contributed by atoms with Crippen molar-refractivity contribution in [3.8, 4) is 28.4 Å². The highest BCUT2D eigenvalue weighted by molar-refractivity contribution is 14.1. The van der Waals surface area contributed by atoms with Gasteiger partial charge in [-0.2, -0.15) is 0 Å². The first-order valence-corrected chi connectivity index (χ1v) is 7.70. The van der Waals surface area contributed by atoms with E-state index < -0.39 is 0 Å². The highest BCUT2D eigenvalue weighted by atomic mass is 127. The first-order chi connectivity index (χ1) is 10.7. The smallest absolute Gasteiger partial charge is 0.152 e. The lowest BCUT2D eigenvalue weighted by molar-refractivity contribution is 0.112. The van der Waals surface area contributed by atoms with Gasteiger partial charge in [0.05, 0.1) is 15.1 Å². The van der Waals surface area contributed by atoms with Gasteiger partial charge in [0.2, 0.25) is 0 Å². The fraction of sp³-hybridized carbons (Fsp3) is 0. The van der Waals surface area contributed by atoms with Gasteiger partial charge in [0.25, 0.3) is 0 Å². The minimum Gasteiger partial charge on any atom is -0.454 e. The van der Waals surface area contributed by atoms with E-state index in [0.717, 1.165) is 21.4 Å². The zero-order valence-corrected chi connectivity index (χ0v) is 13.4. The average Bonchev–Trinajstić information content (AvgIpc) is 2.76. The lowest BCUT2D eigenvalue weighted by Crippen LogP contribution is -1.98. The topological polar surface area (TPSA) is 31.2 Å². The van der Waals surface area contributed by atoms with E-state index in [0.29, 0.717) is 22.6 Å². The molecule has 2 heterocycles. The molecule has 0 saturated carbocycles. The fourth-order valence-corrected chi connectivity index (χ4v) is 3.56. The lowest BCUT2D eigenvalue weighted by Gasteiger charge is -2.10. The molecule has 0 radical (unpaired) electrons. The van der Waals surface area contributed by atoms with Gasteiger partial charge in [-0.05, 0) is 52.9 Å². The van der Waals surface area contributed by atoms with Crippen LogP contribution in [0.15, 0.2) is 48.5 Å². The molecule has 3 nitrogen and oxygen atoms in total. The third-order valence-corrected chi connectivity index (χ3v) is 4.43. The predicted molar refractivity (Wildman–Crippen MR) is 89.3 cm³/mol. The van der Waals surface area contributed by atoms with Crippen LogP contribution in [0.5, 0.6) is 11.5 Å². The summed E-state index contributed by atoms with van der Waals surface area (Å²) in [4.78, 5) is 11.5. The Balaban J connectivity index is 2.17. The number of nitrogens with zero attached hydrogens (tertiary/aromatic N) is 1.